The van der Waals surface area contributed by atoms with Crippen LogP contribution in [0, 0.1) is 0 Å². The number of methoxy groups -OCH3 is 2. The number of hydrogen-bond acceptors (Lipinski definition) is 10. The van der Waals surface area contributed by atoms with Gasteiger partial charge in [-0.2, -0.15) is 9.97 Å². The van der Waals surface area contributed by atoms with Crippen molar-refractivity contribution in [1.29, 1.82) is 0 Å². The van der Waals surface area contributed by atoms with Crippen molar-refractivity contribution in [2.75, 3.05) is 34.0 Å². The lowest BCUT2D eigenvalue weighted by molar-refractivity contribution is -0.184. The molecule has 1 fully saturated rings. The van der Waals surface area contributed by atoms with E-state index in [1.165, 1.54) is 26.5 Å². The SMILES string of the molecule is COc1cc(OC)nc(Oc2cccnc2C(=O)OCCC2OCCCO2)n1. The smallest absolute Gasteiger partial charge is 0.360 e. The van der Waals surface area contributed by atoms with Gasteiger partial charge in [0.2, 0.25) is 11.8 Å². The second-order valence-electron chi connectivity index (χ2n) is 5.64. The van der Waals surface area contributed by atoms with Gasteiger partial charge in [-0.1, -0.05) is 0 Å². The van der Waals surface area contributed by atoms with Crippen molar-refractivity contribution >= 4 is 5.97 Å². The third-order valence-electron chi connectivity index (χ3n) is 3.73. The van der Waals surface area contributed by atoms with Gasteiger partial charge in [0.05, 0.1) is 40.1 Å². The van der Waals surface area contributed by atoms with Crippen LogP contribution in [0.1, 0.15) is 23.3 Å². The molecule has 3 rings (SSSR count). The molecular formula is C18H21N3O7. The minimum absolute atomic E-state index is 0.00151. The van der Waals surface area contributed by atoms with Crippen LogP contribution in [0.25, 0.3) is 0 Å². The molecule has 0 radical (unpaired) electrons. The highest BCUT2D eigenvalue weighted by Gasteiger charge is 2.20. The zero-order chi connectivity index (χ0) is 19.8. The molecular weight excluding hydrogens is 370 g/mol. The van der Waals surface area contributed by atoms with Crippen LogP contribution in [0.4, 0.5) is 0 Å². The number of nitrogens with zero attached hydrogens (tertiary/aromatic N) is 3. The van der Waals surface area contributed by atoms with Gasteiger partial charge in [0.15, 0.2) is 17.7 Å². The Morgan fingerprint density at radius 2 is 1.89 bits per heavy atom. The Hall–Kier alpha value is -2.98. The number of hydrogen-bond donors (Lipinski definition) is 0. The van der Waals surface area contributed by atoms with E-state index in [1.807, 2.05) is 0 Å². The van der Waals surface area contributed by atoms with Gasteiger partial charge >= 0.3 is 12.0 Å². The van der Waals surface area contributed by atoms with Crippen LogP contribution in [0.15, 0.2) is 24.4 Å². The Labute approximate surface area is 161 Å². The molecule has 0 saturated carbocycles. The lowest BCUT2D eigenvalue weighted by Gasteiger charge is -2.22. The van der Waals surface area contributed by atoms with Crippen LogP contribution in [0.5, 0.6) is 23.5 Å². The molecule has 0 unspecified atom stereocenters. The summed E-state index contributed by atoms with van der Waals surface area (Å²) in [5, 5.41) is 0. The van der Waals surface area contributed by atoms with Crippen LogP contribution in [0.3, 0.4) is 0 Å². The van der Waals surface area contributed by atoms with E-state index in [2.05, 4.69) is 15.0 Å². The highest BCUT2D eigenvalue weighted by atomic mass is 16.7. The first-order valence-corrected chi connectivity index (χ1v) is 8.70. The summed E-state index contributed by atoms with van der Waals surface area (Å²) in [4.78, 5) is 24.6. The molecule has 1 saturated heterocycles. The van der Waals surface area contributed by atoms with Gasteiger partial charge in [-0.05, 0) is 18.6 Å². The van der Waals surface area contributed by atoms with Crippen LogP contribution < -0.4 is 14.2 Å². The van der Waals surface area contributed by atoms with E-state index in [4.69, 9.17) is 28.4 Å². The first kappa shape index (κ1) is 19.8. The maximum atomic E-state index is 12.4. The maximum Gasteiger partial charge on any atom is 0.360 e. The fourth-order valence-corrected chi connectivity index (χ4v) is 2.38. The largest absolute Gasteiger partial charge is 0.481 e. The van der Waals surface area contributed by atoms with Gasteiger partial charge in [0.1, 0.15) is 0 Å². The summed E-state index contributed by atoms with van der Waals surface area (Å²) in [5.74, 6) is 0.0129. The molecule has 0 spiro atoms. The molecule has 0 aromatic carbocycles. The Morgan fingerprint density at radius 1 is 1.18 bits per heavy atom. The van der Waals surface area contributed by atoms with E-state index in [0.717, 1.165) is 6.42 Å². The fraction of sp³-hybridized carbons (Fsp3) is 0.444. The predicted molar refractivity (Wildman–Crippen MR) is 94.7 cm³/mol. The van der Waals surface area contributed by atoms with Gasteiger partial charge in [-0.15, -0.1) is 0 Å². The molecule has 150 valence electrons. The highest BCUT2D eigenvalue weighted by molar-refractivity contribution is 5.90. The molecule has 2 aromatic rings. The average Bonchev–Trinajstić information content (AvgIpc) is 2.74. The zero-order valence-corrected chi connectivity index (χ0v) is 15.6. The van der Waals surface area contributed by atoms with Gasteiger partial charge < -0.3 is 28.4 Å². The topological polar surface area (TPSA) is 111 Å². The first-order valence-electron chi connectivity index (χ1n) is 8.70. The number of pyridine rings is 1. The molecule has 28 heavy (non-hydrogen) atoms. The lowest BCUT2D eigenvalue weighted by atomic mass is 10.3. The fourth-order valence-electron chi connectivity index (χ4n) is 2.38. The van der Waals surface area contributed by atoms with Crippen molar-refractivity contribution in [2.45, 2.75) is 19.1 Å². The third-order valence-corrected chi connectivity index (χ3v) is 3.73. The second kappa shape index (κ2) is 9.81. The molecule has 1 aliphatic rings. The van der Waals surface area contributed by atoms with Gasteiger partial charge in [-0.25, -0.2) is 9.78 Å². The third kappa shape index (κ3) is 5.27. The summed E-state index contributed by atoms with van der Waals surface area (Å²) in [6.07, 6.45) is 2.40. The summed E-state index contributed by atoms with van der Waals surface area (Å²) >= 11 is 0. The Bertz CT molecular complexity index is 774. The van der Waals surface area contributed by atoms with Crippen LogP contribution in [0.2, 0.25) is 0 Å². The number of carbonyl (C=O) groups excluding carboxylic acids is 1. The Kier molecular flexibility index (Phi) is 6.93. The standard InChI is InChI=1S/C18H21N3O7/c1-23-13-11-14(24-2)21-18(20-13)28-12-5-3-7-19-16(12)17(22)27-10-6-15-25-8-4-9-26-15/h3,5,7,11,15H,4,6,8-10H2,1-2H3. The molecule has 0 atom stereocenters. The molecule has 2 aromatic heterocycles. The average molecular weight is 391 g/mol. The maximum absolute atomic E-state index is 12.4. The van der Waals surface area contributed by atoms with Crippen molar-refractivity contribution in [2.24, 2.45) is 0 Å². The number of ether oxygens (including phenoxy) is 6. The molecule has 0 aliphatic carbocycles. The summed E-state index contributed by atoms with van der Waals surface area (Å²) in [6.45, 7) is 1.41. The van der Waals surface area contributed by atoms with Gasteiger partial charge in [0, 0.05) is 12.6 Å². The Balaban J connectivity index is 1.66. The normalized spacial score (nSPS) is 14.4. The van der Waals surface area contributed by atoms with Crippen molar-refractivity contribution in [3.8, 4) is 23.5 Å². The molecule has 0 amide bonds. The minimum atomic E-state index is -0.638. The Morgan fingerprint density at radius 3 is 2.57 bits per heavy atom. The van der Waals surface area contributed by atoms with Crippen LogP contribution in [-0.2, 0) is 14.2 Å². The molecule has 3 heterocycles. The summed E-state index contributed by atoms with van der Waals surface area (Å²) in [7, 11) is 2.91. The monoisotopic (exact) mass is 391 g/mol. The summed E-state index contributed by atoms with van der Waals surface area (Å²) in [6, 6.07) is 4.63. The van der Waals surface area contributed by atoms with E-state index < -0.39 is 5.97 Å². The minimum Gasteiger partial charge on any atom is -0.481 e. The number of esters is 1. The van der Waals surface area contributed by atoms with E-state index >= 15 is 0 Å². The zero-order valence-electron chi connectivity index (χ0n) is 15.6. The van der Waals surface area contributed by atoms with E-state index in [1.54, 1.807) is 12.1 Å². The first-order chi connectivity index (χ1) is 13.7. The summed E-state index contributed by atoms with van der Waals surface area (Å²) < 4.78 is 31.9. The van der Waals surface area contributed by atoms with Crippen molar-refractivity contribution < 1.29 is 33.2 Å². The van der Waals surface area contributed by atoms with E-state index in [-0.39, 0.29) is 42.1 Å². The number of rotatable bonds is 8. The quantitative estimate of drug-likeness (QED) is 0.619. The van der Waals surface area contributed by atoms with Crippen molar-refractivity contribution in [3.63, 3.8) is 0 Å². The molecule has 0 N–H and O–H groups in total. The second-order valence-corrected chi connectivity index (χ2v) is 5.64. The van der Waals surface area contributed by atoms with Crippen molar-refractivity contribution in [3.05, 3.63) is 30.1 Å². The van der Waals surface area contributed by atoms with Gasteiger partial charge in [0.25, 0.3) is 0 Å². The number of carbonyl (C=O) groups is 1. The lowest BCUT2D eigenvalue weighted by Crippen LogP contribution is -2.26. The van der Waals surface area contributed by atoms with Crippen LogP contribution >= 0.6 is 0 Å². The molecule has 1 aliphatic heterocycles. The van der Waals surface area contributed by atoms with Gasteiger partial charge in [-0.3, -0.25) is 0 Å². The molecule has 0 bridgehead atoms. The molecule has 10 heteroatoms. The van der Waals surface area contributed by atoms with E-state index in [9.17, 15) is 4.79 Å². The van der Waals surface area contributed by atoms with Crippen LogP contribution in [-0.4, -0.2) is 61.3 Å². The number of aromatic nitrogens is 3. The highest BCUT2D eigenvalue weighted by Crippen LogP contribution is 2.25. The predicted octanol–water partition coefficient (Wildman–Crippen LogP) is 1.99. The van der Waals surface area contributed by atoms with Crippen molar-refractivity contribution in [1.82, 2.24) is 15.0 Å². The summed E-state index contributed by atoms with van der Waals surface area (Å²) in [5.41, 5.74) is -0.00151. The molecule has 10 nitrogen and oxygen atoms in total. The van der Waals surface area contributed by atoms with E-state index in [0.29, 0.717) is 19.6 Å².